The summed E-state index contributed by atoms with van der Waals surface area (Å²) in [5.74, 6) is 3.65. The molecule has 2 saturated heterocycles. The van der Waals surface area contributed by atoms with Crippen LogP contribution >= 0.6 is 0 Å². The van der Waals surface area contributed by atoms with Gasteiger partial charge in [0.1, 0.15) is 17.3 Å². The summed E-state index contributed by atoms with van der Waals surface area (Å²) >= 11 is 0. The van der Waals surface area contributed by atoms with E-state index in [1.54, 1.807) is 0 Å². The van der Waals surface area contributed by atoms with Crippen LogP contribution in [0.2, 0.25) is 0 Å². The summed E-state index contributed by atoms with van der Waals surface area (Å²) in [6.45, 7) is 2.37. The summed E-state index contributed by atoms with van der Waals surface area (Å²) < 4.78 is 5.86. The Morgan fingerprint density at radius 2 is 1.63 bits per heavy atom. The summed E-state index contributed by atoms with van der Waals surface area (Å²) in [5, 5.41) is 15.6. The lowest BCUT2D eigenvalue weighted by molar-refractivity contribution is -0.133. The summed E-state index contributed by atoms with van der Waals surface area (Å²) in [5.41, 5.74) is 1.16. The number of piperidine rings is 1. The van der Waals surface area contributed by atoms with Gasteiger partial charge in [-0.3, -0.25) is 15.0 Å². The van der Waals surface area contributed by atoms with E-state index in [2.05, 4.69) is 15.5 Å². The molecule has 1 aliphatic carbocycles. The van der Waals surface area contributed by atoms with E-state index >= 15 is 0 Å². The number of nitrogens with one attached hydrogen (secondary N) is 3. The van der Waals surface area contributed by atoms with Crippen molar-refractivity contribution < 1.29 is 14.3 Å². The molecule has 3 N–H and O–H groups in total. The van der Waals surface area contributed by atoms with Crippen LogP contribution in [0.4, 0.5) is 0 Å². The van der Waals surface area contributed by atoms with Crippen molar-refractivity contribution in [2.24, 2.45) is 11.8 Å². The first-order valence-corrected chi connectivity index (χ1v) is 15.5. The van der Waals surface area contributed by atoms with Crippen LogP contribution in [-0.4, -0.2) is 48.5 Å². The zero-order chi connectivity index (χ0) is 28.4. The highest BCUT2D eigenvalue weighted by atomic mass is 16.5. The second kappa shape index (κ2) is 14.3. The zero-order valence-corrected chi connectivity index (χ0v) is 24.1. The summed E-state index contributed by atoms with van der Waals surface area (Å²) in [4.78, 5) is 27.1. The molecule has 2 aliphatic heterocycles. The van der Waals surface area contributed by atoms with Crippen LogP contribution in [0.25, 0.3) is 0 Å². The number of likely N-dealkylation sites (tertiary alicyclic amines) is 1. The predicted octanol–water partition coefficient (Wildman–Crippen LogP) is 6.20. The number of carbonyl (C=O) groups is 2. The normalized spacial score (nSPS) is 21.4. The molecule has 1 amide bonds. The Labute approximate surface area is 244 Å². The highest BCUT2D eigenvalue weighted by Gasteiger charge is 2.31. The van der Waals surface area contributed by atoms with Crippen molar-refractivity contribution >= 4 is 17.9 Å². The van der Waals surface area contributed by atoms with Gasteiger partial charge in [0.05, 0.1) is 11.3 Å². The number of hydrogen-bond acceptors (Lipinski definition) is 6. The monoisotopic (exact) mass is 556 g/mol. The van der Waals surface area contributed by atoms with Gasteiger partial charge in [-0.25, -0.2) is 0 Å². The minimum Gasteiger partial charge on any atom is -0.457 e. The molecule has 41 heavy (non-hydrogen) atoms. The topological polar surface area (TPSA) is 94.5 Å². The molecule has 0 bridgehead atoms. The van der Waals surface area contributed by atoms with Crippen molar-refractivity contribution in [3.05, 3.63) is 71.6 Å². The van der Waals surface area contributed by atoms with Gasteiger partial charge >= 0.3 is 0 Å². The van der Waals surface area contributed by atoms with Crippen molar-refractivity contribution in [2.45, 2.75) is 76.7 Å². The van der Waals surface area contributed by atoms with E-state index in [1.807, 2.05) is 54.6 Å². The fourth-order valence-corrected chi connectivity index (χ4v) is 6.63. The van der Waals surface area contributed by atoms with Gasteiger partial charge in [0.2, 0.25) is 5.91 Å². The maximum atomic E-state index is 12.8. The fraction of sp³-hybridized carbons (Fsp3) is 0.500. The first kappa shape index (κ1) is 28.9. The predicted molar refractivity (Wildman–Crippen MR) is 162 cm³/mol. The van der Waals surface area contributed by atoms with E-state index in [-0.39, 0.29) is 11.8 Å². The van der Waals surface area contributed by atoms with Gasteiger partial charge in [-0.05, 0) is 80.3 Å². The second-order valence-corrected chi connectivity index (χ2v) is 11.8. The van der Waals surface area contributed by atoms with E-state index in [4.69, 9.17) is 10.1 Å². The van der Waals surface area contributed by atoms with Gasteiger partial charge in [0, 0.05) is 37.7 Å². The van der Waals surface area contributed by atoms with E-state index in [1.165, 1.54) is 38.5 Å². The quantitative estimate of drug-likeness (QED) is 0.184. The van der Waals surface area contributed by atoms with Crippen LogP contribution in [0.15, 0.2) is 66.0 Å². The van der Waals surface area contributed by atoms with E-state index in [0.717, 1.165) is 63.3 Å². The number of carbonyl (C=O) groups excluding carboxylic acids is 2. The minimum absolute atomic E-state index is 0.176. The zero-order valence-electron chi connectivity index (χ0n) is 24.1. The highest BCUT2D eigenvalue weighted by Crippen LogP contribution is 2.29. The first-order chi connectivity index (χ1) is 20.1. The molecule has 0 aromatic heterocycles. The maximum Gasteiger partial charge on any atom is 0.222 e. The summed E-state index contributed by atoms with van der Waals surface area (Å²) in [6.07, 6.45) is 13.4. The average Bonchev–Trinajstić information content (AvgIpc) is 3.03. The molecule has 2 aromatic rings. The molecular formula is C34H44N4O3. The number of amides is 1. The van der Waals surface area contributed by atoms with Gasteiger partial charge < -0.3 is 20.3 Å². The van der Waals surface area contributed by atoms with Crippen molar-refractivity contribution in [3.63, 3.8) is 0 Å². The summed E-state index contributed by atoms with van der Waals surface area (Å²) in [7, 11) is 0. The largest absolute Gasteiger partial charge is 0.457 e. The fourth-order valence-electron chi connectivity index (χ4n) is 6.63. The van der Waals surface area contributed by atoms with Crippen LogP contribution in [-0.2, 0) is 9.59 Å². The Balaban J connectivity index is 1.12. The summed E-state index contributed by atoms with van der Waals surface area (Å²) in [6, 6.07) is 17.0. The van der Waals surface area contributed by atoms with Crippen LogP contribution in [0.3, 0.4) is 0 Å². The molecule has 218 valence electrons. The number of aldehydes is 1. The molecule has 0 spiro atoms. The Morgan fingerprint density at radius 1 is 0.927 bits per heavy atom. The van der Waals surface area contributed by atoms with Crippen LogP contribution in [0.5, 0.6) is 11.5 Å². The third-order valence-electron chi connectivity index (χ3n) is 9.05. The molecule has 1 saturated carbocycles. The minimum atomic E-state index is 0.176. The number of ether oxygens (including phenoxy) is 1. The maximum absolute atomic E-state index is 12.8. The van der Waals surface area contributed by atoms with Gasteiger partial charge in [0.25, 0.3) is 0 Å². The molecule has 0 unspecified atom stereocenters. The van der Waals surface area contributed by atoms with Crippen molar-refractivity contribution in [2.75, 3.05) is 19.6 Å². The van der Waals surface area contributed by atoms with Gasteiger partial charge in [-0.2, -0.15) is 0 Å². The van der Waals surface area contributed by atoms with Crippen molar-refractivity contribution in [1.29, 1.82) is 5.41 Å². The van der Waals surface area contributed by atoms with E-state index in [9.17, 15) is 9.59 Å². The molecule has 7 nitrogen and oxygen atoms in total. The number of rotatable bonds is 10. The molecule has 7 heteroatoms. The Kier molecular flexibility index (Phi) is 10.1. The Bertz CT molecular complexity index is 1200. The van der Waals surface area contributed by atoms with Crippen LogP contribution in [0, 0.1) is 17.2 Å². The standard InChI is InChI=1S/C34H44N4O3/c35-33(27-14-16-29(17-15-27)41-28-11-5-2-6-12-28)30(24-39)34-36-21-18-31(37-34)26-19-22-38(23-20-26)32(40)13-7-10-25-8-3-1-4-9-25/h2,5-6,11-12,14-17,24-26,31,35-37H,1,3-4,7-10,13,18-23H2/b34-30-,35-33?/t31-/m0/s1. The average molecular weight is 557 g/mol. The van der Waals surface area contributed by atoms with Crippen molar-refractivity contribution in [1.82, 2.24) is 15.5 Å². The SMILES string of the molecule is N=C(/C(C=O)=C1/NCC[C@@H](C2CCN(C(=O)CCCC3CCCCC3)CC2)N1)c1ccc(Oc2ccccc2)cc1. The third-order valence-corrected chi connectivity index (χ3v) is 9.05. The molecule has 1 atom stereocenters. The number of nitrogens with zero attached hydrogens (tertiary/aromatic N) is 1. The molecule has 3 fully saturated rings. The Hall–Kier alpha value is -3.61. The molecule has 5 rings (SSSR count). The van der Waals surface area contributed by atoms with Crippen LogP contribution in [0.1, 0.15) is 76.2 Å². The third kappa shape index (κ3) is 7.78. The second-order valence-electron chi connectivity index (χ2n) is 11.8. The van der Waals surface area contributed by atoms with Gasteiger partial charge in [0.15, 0.2) is 6.29 Å². The molecule has 2 aromatic carbocycles. The van der Waals surface area contributed by atoms with Gasteiger partial charge in [-0.1, -0.05) is 50.3 Å². The molecule has 0 radical (unpaired) electrons. The van der Waals surface area contributed by atoms with E-state index < -0.39 is 0 Å². The number of para-hydroxylation sites is 1. The number of hydrogen-bond donors (Lipinski definition) is 3. The van der Waals surface area contributed by atoms with Crippen molar-refractivity contribution in [3.8, 4) is 11.5 Å². The number of allylic oxidation sites excluding steroid dienone is 1. The Morgan fingerprint density at radius 3 is 2.34 bits per heavy atom. The highest BCUT2D eigenvalue weighted by molar-refractivity contribution is 6.22. The van der Waals surface area contributed by atoms with Gasteiger partial charge in [-0.15, -0.1) is 0 Å². The first-order valence-electron chi connectivity index (χ1n) is 15.5. The van der Waals surface area contributed by atoms with E-state index in [0.29, 0.717) is 41.0 Å². The smallest absolute Gasteiger partial charge is 0.222 e. The van der Waals surface area contributed by atoms with Crippen LogP contribution < -0.4 is 15.4 Å². The lowest BCUT2D eigenvalue weighted by Crippen LogP contribution is -2.51. The lowest BCUT2D eigenvalue weighted by atomic mass is 9.85. The molecule has 2 heterocycles. The molecular weight excluding hydrogens is 512 g/mol. The molecule has 3 aliphatic rings. The lowest BCUT2D eigenvalue weighted by Gasteiger charge is -2.39. The number of benzene rings is 2.